The topological polar surface area (TPSA) is 85.2 Å². The number of rotatable bonds is 2. The van der Waals surface area contributed by atoms with Crippen LogP contribution in [0.15, 0.2) is 116 Å². The van der Waals surface area contributed by atoms with Gasteiger partial charge in [-0.25, -0.2) is 0 Å². The van der Waals surface area contributed by atoms with Crippen molar-refractivity contribution in [1.82, 2.24) is 29.1 Å². The lowest BCUT2D eigenvalue weighted by atomic mass is 9.97. The Kier molecular flexibility index (Phi) is 4.28. The lowest BCUT2D eigenvalue weighted by molar-refractivity contribution is 1.10. The SMILES string of the molecule is N#Cc1c(-n2c3cncc4c5ccccc5c5cncc2c5c43)cccc1-n1c2cncc3c4ccccc4c4cncc1c4c32. The summed E-state index contributed by atoms with van der Waals surface area (Å²) in [7, 11) is 0. The molecule has 0 saturated carbocycles. The van der Waals surface area contributed by atoms with Crippen LogP contribution < -0.4 is 0 Å². The van der Waals surface area contributed by atoms with Gasteiger partial charge in [0.15, 0.2) is 0 Å². The van der Waals surface area contributed by atoms with Crippen molar-refractivity contribution >= 4 is 86.7 Å². The molecule has 0 unspecified atom stereocenters. The molecule has 46 heavy (non-hydrogen) atoms. The van der Waals surface area contributed by atoms with Gasteiger partial charge in [0.1, 0.15) is 11.6 Å². The van der Waals surface area contributed by atoms with Crippen LogP contribution in [-0.2, 0) is 0 Å². The molecule has 5 aromatic carbocycles. The molecule has 11 rings (SSSR count). The standard InChI is InChI=1S/C39H19N7/c40-12-25-30(45-32-17-41-13-26-21-6-1-2-7-22(21)27-14-42-18-33(45)37(27)36(26)32)10-5-11-31(25)46-34-19-43-15-28-23-8-3-4-9-24(23)29-16-44-20-35(46)39(29)38(28)34/h1-11,13-20H. The minimum atomic E-state index is 0.542. The van der Waals surface area contributed by atoms with E-state index in [-0.39, 0.29) is 0 Å². The third kappa shape index (κ3) is 2.69. The van der Waals surface area contributed by atoms with Crippen molar-refractivity contribution in [3.8, 4) is 17.4 Å². The van der Waals surface area contributed by atoms with Crippen molar-refractivity contribution in [3.63, 3.8) is 0 Å². The van der Waals surface area contributed by atoms with E-state index in [2.05, 4.69) is 63.7 Å². The maximum Gasteiger partial charge on any atom is 0.104 e. The van der Waals surface area contributed by atoms with Crippen LogP contribution in [0.25, 0.3) is 98.1 Å². The number of benzene rings is 5. The Balaban J connectivity index is 1.30. The monoisotopic (exact) mass is 585 g/mol. The Morgan fingerprint density at radius 2 is 0.717 bits per heavy atom. The Bertz CT molecular complexity index is 2730. The number of hydrogen-bond acceptors (Lipinski definition) is 5. The van der Waals surface area contributed by atoms with Gasteiger partial charge in [0.25, 0.3) is 0 Å². The van der Waals surface area contributed by atoms with E-state index in [4.69, 9.17) is 19.9 Å². The molecule has 0 bridgehead atoms. The van der Waals surface area contributed by atoms with Crippen molar-refractivity contribution < 1.29 is 0 Å². The van der Waals surface area contributed by atoms with Gasteiger partial charge < -0.3 is 9.13 Å². The Hall–Kier alpha value is -6.65. The number of pyridine rings is 4. The molecule has 0 amide bonds. The molecule has 6 heterocycles. The molecule has 6 aromatic heterocycles. The highest BCUT2D eigenvalue weighted by molar-refractivity contribution is 6.35. The summed E-state index contributed by atoms with van der Waals surface area (Å²) in [4.78, 5) is 18.8. The summed E-state index contributed by atoms with van der Waals surface area (Å²) in [5.74, 6) is 0. The molecule has 0 spiro atoms. The minimum Gasteiger partial charge on any atom is -0.305 e. The van der Waals surface area contributed by atoms with Gasteiger partial charge in [0.05, 0.1) is 58.2 Å². The summed E-state index contributed by atoms with van der Waals surface area (Å²) in [5, 5.41) is 24.4. The molecule has 0 N–H and O–H groups in total. The number of hydrogen-bond donors (Lipinski definition) is 0. The van der Waals surface area contributed by atoms with Crippen LogP contribution in [0.4, 0.5) is 0 Å². The molecular formula is C39H19N7. The summed E-state index contributed by atoms with van der Waals surface area (Å²) in [6.45, 7) is 0. The molecule has 0 atom stereocenters. The summed E-state index contributed by atoms with van der Waals surface area (Å²) < 4.78 is 4.31. The van der Waals surface area contributed by atoms with Crippen molar-refractivity contribution in [2.24, 2.45) is 0 Å². The first kappa shape index (κ1) is 23.8. The molecule has 7 heteroatoms. The van der Waals surface area contributed by atoms with E-state index in [9.17, 15) is 5.26 Å². The van der Waals surface area contributed by atoms with E-state index in [0.717, 1.165) is 98.1 Å². The number of fused-ring (bicyclic) bond motifs is 6. The van der Waals surface area contributed by atoms with Crippen LogP contribution in [-0.4, -0.2) is 29.1 Å². The fourth-order valence-electron chi connectivity index (χ4n) is 8.04. The van der Waals surface area contributed by atoms with Gasteiger partial charge in [0.2, 0.25) is 0 Å². The fraction of sp³-hybridized carbons (Fsp3) is 0. The van der Waals surface area contributed by atoms with Crippen LogP contribution >= 0.6 is 0 Å². The first-order chi connectivity index (χ1) is 22.8. The largest absolute Gasteiger partial charge is 0.305 e. The molecular weight excluding hydrogens is 566 g/mol. The fourth-order valence-corrected chi connectivity index (χ4v) is 8.04. The molecule has 0 fully saturated rings. The van der Waals surface area contributed by atoms with Gasteiger partial charge >= 0.3 is 0 Å². The van der Waals surface area contributed by atoms with Crippen molar-refractivity contribution in [3.05, 3.63) is 122 Å². The number of nitrogens with zero attached hydrogens (tertiary/aromatic N) is 7. The highest BCUT2D eigenvalue weighted by Gasteiger charge is 2.25. The number of aromatic nitrogens is 6. The van der Waals surface area contributed by atoms with E-state index in [0.29, 0.717) is 5.56 Å². The van der Waals surface area contributed by atoms with Crippen LogP contribution in [0.1, 0.15) is 5.56 Å². The average Bonchev–Trinajstić information content (AvgIpc) is 3.64. The van der Waals surface area contributed by atoms with E-state index >= 15 is 0 Å². The molecule has 0 aliphatic heterocycles. The van der Waals surface area contributed by atoms with E-state index in [1.165, 1.54) is 0 Å². The molecule has 0 aliphatic carbocycles. The van der Waals surface area contributed by atoms with Gasteiger partial charge in [-0.15, -0.1) is 0 Å². The number of nitriles is 1. The van der Waals surface area contributed by atoms with E-state index in [1.807, 2.05) is 67.8 Å². The zero-order valence-corrected chi connectivity index (χ0v) is 24.1. The van der Waals surface area contributed by atoms with E-state index in [1.54, 1.807) is 0 Å². The van der Waals surface area contributed by atoms with Crippen LogP contribution in [0.2, 0.25) is 0 Å². The second-order valence-corrected chi connectivity index (χ2v) is 11.9. The van der Waals surface area contributed by atoms with Gasteiger partial charge in [-0.1, -0.05) is 54.6 Å². The molecule has 210 valence electrons. The Labute approximate surface area is 259 Å². The average molecular weight is 586 g/mol. The molecule has 7 nitrogen and oxygen atoms in total. The molecule has 11 aromatic rings. The summed E-state index contributed by atoms with van der Waals surface area (Å²) in [6, 6.07) is 25.5. The van der Waals surface area contributed by atoms with E-state index < -0.39 is 0 Å². The van der Waals surface area contributed by atoms with Crippen molar-refractivity contribution in [2.75, 3.05) is 0 Å². The zero-order valence-electron chi connectivity index (χ0n) is 24.1. The molecule has 0 radical (unpaired) electrons. The maximum absolute atomic E-state index is 11.0. The molecule has 0 saturated heterocycles. The second kappa shape index (κ2) is 8.29. The van der Waals surface area contributed by atoms with Crippen LogP contribution in [0.3, 0.4) is 0 Å². The smallest absolute Gasteiger partial charge is 0.104 e. The third-order valence-corrected chi connectivity index (χ3v) is 9.80. The summed E-state index contributed by atoms with van der Waals surface area (Å²) in [5.41, 5.74) is 5.83. The lowest BCUT2D eigenvalue weighted by Crippen LogP contribution is -2.04. The zero-order chi connectivity index (χ0) is 30.1. The highest BCUT2D eigenvalue weighted by Crippen LogP contribution is 2.45. The minimum absolute atomic E-state index is 0.542. The van der Waals surface area contributed by atoms with Crippen molar-refractivity contribution in [1.29, 1.82) is 5.26 Å². The van der Waals surface area contributed by atoms with Gasteiger partial charge in [-0.05, 0) is 33.7 Å². The molecule has 0 aliphatic rings. The van der Waals surface area contributed by atoms with Crippen molar-refractivity contribution in [2.45, 2.75) is 0 Å². The summed E-state index contributed by atoms with van der Waals surface area (Å²) >= 11 is 0. The van der Waals surface area contributed by atoms with Gasteiger partial charge in [-0.3, -0.25) is 19.9 Å². The first-order valence-corrected chi connectivity index (χ1v) is 15.1. The Morgan fingerprint density at radius 1 is 0.391 bits per heavy atom. The predicted molar refractivity (Wildman–Crippen MR) is 183 cm³/mol. The quantitative estimate of drug-likeness (QED) is 0.189. The maximum atomic E-state index is 11.0. The third-order valence-electron chi connectivity index (χ3n) is 9.80. The first-order valence-electron chi connectivity index (χ1n) is 15.1. The van der Waals surface area contributed by atoms with Gasteiger partial charge in [-0.2, -0.15) is 5.26 Å². The summed E-state index contributed by atoms with van der Waals surface area (Å²) in [6.07, 6.45) is 15.4. The Morgan fingerprint density at radius 3 is 1.02 bits per heavy atom. The van der Waals surface area contributed by atoms with Gasteiger partial charge in [0, 0.05) is 67.9 Å². The highest BCUT2D eigenvalue weighted by atomic mass is 15.0. The second-order valence-electron chi connectivity index (χ2n) is 11.9. The normalized spacial score (nSPS) is 12.3. The van der Waals surface area contributed by atoms with Crippen LogP contribution in [0, 0.1) is 11.3 Å². The predicted octanol–water partition coefficient (Wildman–Crippen LogP) is 8.82. The lowest BCUT2D eigenvalue weighted by Gasteiger charge is -2.15. The van der Waals surface area contributed by atoms with Crippen LogP contribution in [0.5, 0.6) is 0 Å².